The van der Waals surface area contributed by atoms with E-state index in [1.54, 1.807) is 19.2 Å². The molecule has 0 radical (unpaired) electrons. The van der Waals surface area contributed by atoms with E-state index in [0.29, 0.717) is 16.7 Å². The molecule has 0 fully saturated rings. The van der Waals surface area contributed by atoms with E-state index in [9.17, 15) is 4.79 Å². The van der Waals surface area contributed by atoms with Gasteiger partial charge in [-0.05, 0) is 37.1 Å². The number of carbonyl (C=O) groups excluding carboxylic acids is 1. The van der Waals surface area contributed by atoms with Gasteiger partial charge in [0.1, 0.15) is 5.75 Å². The lowest BCUT2D eigenvalue weighted by Crippen LogP contribution is -2.45. The van der Waals surface area contributed by atoms with Crippen molar-refractivity contribution in [2.24, 2.45) is 5.10 Å². The van der Waals surface area contributed by atoms with Crippen LogP contribution in [0, 0.1) is 13.8 Å². The van der Waals surface area contributed by atoms with Crippen LogP contribution in [0.5, 0.6) is 5.75 Å². The summed E-state index contributed by atoms with van der Waals surface area (Å²) in [6, 6.07) is 3.59. The number of benzene rings is 1. The van der Waals surface area contributed by atoms with Crippen molar-refractivity contribution in [3.05, 3.63) is 28.3 Å². The SMILES string of the molecule is Cc1cc(OCC(=O)NC2=NNN(C)N2)cc(C)c1Cl. The molecule has 1 amide bonds. The number of ether oxygens (including phenoxy) is 1. The van der Waals surface area contributed by atoms with Crippen LogP contribution in [0.3, 0.4) is 0 Å². The summed E-state index contributed by atoms with van der Waals surface area (Å²) in [6.45, 7) is 3.67. The fraction of sp³-hybridized carbons (Fsp3) is 0.333. The van der Waals surface area contributed by atoms with Crippen molar-refractivity contribution in [2.75, 3.05) is 13.7 Å². The van der Waals surface area contributed by atoms with Gasteiger partial charge in [-0.2, -0.15) is 0 Å². The molecule has 0 saturated carbocycles. The monoisotopic (exact) mass is 297 g/mol. The molecule has 0 atom stereocenters. The van der Waals surface area contributed by atoms with E-state index in [1.165, 1.54) is 5.12 Å². The summed E-state index contributed by atoms with van der Waals surface area (Å²) in [7, 11) is 1.72. The fourth-order valence-electron chi connectivity index (χ4n) is 1.70. The first-order chi connectivity index (χ1) is 9.45. The zero-order valence-electron chi connectivity index (χ0n) is 11.5. The normalized spacial score (nSPS) is 14.3. The molecular formula is C12H16ClN5O2. The Morgan fingerprint density at radius 2 is 2.10 bits per heavy atom. The van der Waals surface area contributed by atoms with Crippen molar-refractivity contribution in [3.63, 3.8) is 0 Å². The lowest BCUT2D eigenvalue weighted by molar-refractivity contribution is -0.121. The maximum Gasteiger partial charge on any atom is 0.264 e. The summed E-state index contributed by atoms with van der Waals surface area (Å²) in [5.74, 6) is 0.624. The lowest BCUT2D eigenvalue weighted by Gasteiger charge is -2.11. The van der Waals surface area contributed by atoms with E-state index in [-0.39, 0.29) is 12.5 Å². The highest BCUT2D eigenvalue weighted by atomic mass is 35.5. The number of carbonyl (C=O) groups is 1. The number of hydrazone groups is 1. The molecule has 1 aliphatic heterocycles. The molecule has 2 rings (SSSR count). The third kappa shape index (κ3) is 3.52. The van der Waals surface area contributed by atoms with Crippen LogP contribution in [0.4, 0.5) is 0 Å². The van der Waals surface area contributed by atoms with Gasteiger partial charge in [0.05, 0.1) is 0 Å². The Morgan fingerprint density at radius 1 is 1.45 bits per heavy atom. The number of nitrogens with zero attached hydrogens (tertiary/aromatic N) is 2. The highest BCUT2D eigenvalue weighted by molar-refractivity contribution is 6.32. The predicted molar refractivity (Wildman–Crippen MR) is 76.0 cm³/mol. The minimum absolute atomic E-state index is 0.106. The maximum absolute atomic E-state index is 11.7. The van der Waals surface area contributed by atoms with E-state index >= 15 is 0 Å². The number of rotatable bonds is 3. The average molecular weight is 298 g/mol. The lowest BCUT2D eigenvalue weighted by atomic mass is 10.1. The van der Waals surface area contributed by atoms with Crippen LogP contribution in [0.15, 0.2) is 17.2 Å². The Labute approximate surface area is 121 Å². The first kappa shape index (κ1) is 14.4. The standard InChI is InChI=1S/C12H16ClN5O2/c1-7-4-9(5-8(2)11(7)13)20-6-10(19)14-12-15-17-18(3)16-12/h4-5,17H,6H2,1-3H3,(H2,14,15,16,19). The fourth-order valence-corrected chi connectivity index (χ4v) is 1.81. The van der Waals surface area contributed by atoms with Crippen LogP contribution in [0.2, 0.25) is 5.02 Å². The second-order valence-electron chi connectivity index (χ2n) is 4.44. The van der Waals surface area contributed by atoms with Crippen molar-refractivity contribution in [3.8, 4) is 5.75 Å². The summed E-state index contributed by atoms with van der Waals surface area (Å²) >= 11 is 6.07. The van der Waals surface area contributed by atoms with Crippen LogP contribution >= 0.6 is 11.6 Å². The zero-order valence-corrected chi connectivity index (χ0v) is 12.2. The predicted octanol–water partition coefficient (Wildman–Crippen LogP) is 0.677. The Hall–Kier alpha value is -1.99. The van der Waals surface area contributed by atoms with Crippen molar-refractivity contribution < 1.29 is 9.53 Å². The minimum Gasteiger partial charge on any atom is -0.484 e. The van der Waals surface area contributed by atoms with Gasteiger partial charge in [0.2, 0.25) is 5.96 Å². The molecule has 1 aromatic carbocycles. The Morgan fingerprint density at radius 3 is 2.65 bits per heavy atom. The zero-order chi connectivity index (χ0) is 14.7. The first-order valence-corrected chi connectivity index (χ1v) is 6.36. The Balaban J connectivity index is 1.87. The quantitative estimate of drug-likeness (QED) is 0.765. The molecule has 1 aromatic rings. The van der Waals surface area contributed by atoms with Gasteiger partial charge >= 0.3 is 0 Å². The Bertz CT molecular complexity index is 538. The van der Waals surface area contributed by atoms with Crippen molar-refractivity contribution in [2.45, 2.75) is 13.8 Å². The van der Waals surface area contributed by atoms with Crippen LogP contribution in [0.25, 0.3) is 0 Å². The minimum atomic E-state index is -0.307. The summed E-state index contributed by atoms with van der Waals surface area (Å²) in [5.41, 5.74) is 7.21. The second kappa shape index (κ2) is 5.98. The molecule has 0 saturated heterocycles. The highest BCUT2D eigenvalue weighted by Gasteiger charge is 2.13. The molecule has 108 valence electrons. The highest BCUT2D eigenvalue weighted by Crippen LogP contribution is 2.25. The summed E-state index contributed by atoms with van der Waals surface area (Å²) < 4.78 is 5.43. The molecule has 0 aliphatic carbocycles. The third-order valence-electron chi connectivity index (χ3n) is 2.62. The molecule has 1 heterocycles. The number of hydrazine groups is 2. The molecule has 7 nitrogen and oxygen atoms in total. The van der Waals surface area contributed by atoms with Crippen LogP contribution in [0.1, 0.15) is 11.1 Å². The molecule has 0 bridgehead atoms. The number of amides is 1. The second-order valence-corrected chi connectivity index (χ2v) is 4.82. The largest absolute Gasteiger partial charge is 0.484 e. The molecule has 8 heteroatoms. The van der Waals surface area contributed by atoms with Gasteiger partial charge in [-0.15, -0.1) is 10.2 Å². The van der Waals surface area contributed by atoms with E-state index in [2.05, 4.69) is 21.4 Å². The summed E-state index contributed by atoms with van der Waals surface area (Å²) in [5, 5.41) is 8.60. The van der Waals surface area contributed by atoms with Gasteiger partial charge in [0.15, 0.2) is 6.61 Å². The molecule has 0 spiro atoms. The summed E-state index contributed by atoms with van der Waals surface area (Å²) in [6.07, 6.45) is 0. The smallest absolute Gasteiger partial charge is 0.264 e. The van der Waals surface area contributed by atoms with Gasteiger partial charge in [0.25, 0.3) is 5.91 Å². The van der Waals surface area contributed by atoms with Crippen LogP contribution in [-0.2, 0) is 4.79 Å². The summed E-state index contributed by atoms with van der Waals surface area (Å²) in [4.78, 5) is 11.7. The van der Waals surface area contributed by atoms with E-state index in [1.807, 2.05) is 13.8 Å². The van der Waals surface area contributed by atoms with Gasteiger partial charge in [-0.1, -0.05) is 11.6 Å². The number of guanidine groups is 1. The number of hydrogen-bond acceptors (Lipinski definition) is 6. The van der Waals surface area contributed by atoms with Gasteiger partial charge < -0.3 is 4.74 Å². The molecular weight excluding hydrogens is 282 g/mol. The molecule has 3 N–H and O–H groups in total. The molecule has 1 aliphatic rings. The Kier molecular flexibility index (Phi) is 4.31. The maximum atomic E-state index is 11.7. The van der Waals surface area contributed by atoms with E-state index in [0.717, 1.165) is 11.1 Å². The topological polar surface area (TPSA) is 78.0 Å². The third-order valence-corrected chi connectivity index (χ3v) is 3.22. The van der Waals surface area contributed by atoms with Crippen molar-refractivity contribution in [1.82, 2.24) is 21.4 Å². The van der Waals surface area contributed by atoms with Crippen LogP contribution < -0.4 is 21.0 Å². The van der Waals surface area contributed by atoms with Gasteiger partial charge in [-0.3, -0.25) is 15.5 Å². The molecule has 0 unspecified atom stereocenters. The number of aryl methyl sites for hydroxylation is 2. The van der Waals surface area contributed by atoms with Crippen LogP contribution in [-0.4, -0.2) is 30.6 Å². The molecule has 20 heavy (non-hydrogen) atoms. The first-order valence-electron chi connectivity index (χ1n) is 5.99. The van der Waals surface area contributed by atoms with Gasteiger partial charge in [-0.25, -0.2) is 5.53 Å². The number of hydrogen-bond donors (Lipinski definition) is 3. The van der Waals surface area contributed by atoms with E-state index < -0.39 is 0 Å². The van der Waals surface area contributed by atoms with Crippen molar-refractivity contribution >= 4 is 23.5 Å². The average Bonchev–Trinajstić information content (AvgIpc) is 2.78. The number of nitrogens with one attached hydrogen (secondary N) is 3. The van der Waals surface area contributed by atoms with Crippen molar-refractivity contribution in [1.29, 1.82) is 0 Å². The molecule has 0 aromatic heterocycles. The van der Waals surface area contributed by atoms with Gasteiger partial charge in [0, 0.05) is 12.1 Å². The number of halogens is 1. The van der Waals surface area contributed by atoms with E-state index in [4.69, 9.17) is 16.3 Å².